The molecule has 0 aliphatic carbocycles. The smallest absolute Gasteiger partial charge is 0.287 e. The molecule has 0 saturated heterocycles. The van der Waals surface area contributed by atoms with Gasteiger partial charge in [0.25, 0.3) is 5.91 Å². The number of hydrogen-bond acceptors (Lipinski definition) is 5. The average Bonchev–Trinajstić information content (AvgIpc) is 3.40. The Bertz CT molecular complexity index is 915. The Balaban J connectivity index is 1.58. The normalized spacial score (nSPS) is 13.6. The van der Waals surface area contributed by atoms with Gasteiger partial charge >= 0.3 is 0 Å². The molecule has 4 aromatic rings. The van der Waals surface area contributed by atoms with E-state index in [2.05, 4.69) is 5.32 Å². The van der Waals surface area contributed by atoms with Crippen molar-refractivity contribution in [2.45, 2.75) is 5.60 Å². The Labute approximate surface area is 142 Å². The topological polar surface area (TPSA) is 88.8 Å². The third-order valence-electron chi connectivity index (χ3n) is 4.08. The summed E-state index contributed by atoms with van der Waals surface area (Å²) in [6.45, 7) is -0.101. The Morgan fingerprint density at radius 3 is 2.72 bits per heavy atom. The highest BCUT2D eigenvalue weighted by Gasteiger charge is 2.36. The Kier molecular flexibility index (Phi) is 3.66. The van der Waals surface area contributed by atoms with Crippen molar-refractivity contribution in [3.63, 3.8) is 0 Å². The molecule has 0 radical (unpaired) electrons. The monoisotopic (exact) mass is 337 g/mol. The molecule has 1 aromatic carbocycles. The Morgan fingerprint density at radius 2 is 2.00 bits per heavy atom. The van der Waals surface area contributed by atoms with Crippen LogP contribution in [0.3, 0.4) is 0 Å². The molecule has 126 valence electrons. The predicted molar refractivity (Wildman–Crippen MR) is 89.0 cm³/mol. The second-order valence-corrected chi connectivity index (χ2v) is 5.68. The number of carbonyl (C=O) groups excluding carboxylic acids is 1. The van der Waals surface area contributed by atoms with Crippen LogP contribution in [0.2, 0.25) is 0 Å². The first kappa shape index (κ1) is 15.3. The van der Waals surface area contributed by atoms with E-state index in [1.165, 1.54) is 18.8 Å². The van der Waals surface area contributed by atoms with Crippen LogP contribution in [-0.4, -0.2) is 17.6 Å². The van der Waals surface area contributed by atoms with Crippen LogP contribution >= 0.6 is 0 Å². The van der Waals surface area contributed by atoms with Crippen LogP contribution < -0.4 is 5.32 Å². The summed E-state index contributed by atoms with van der Waals surface area (Å²) in [6.07, 6.45) is 4.32. The van der Waals surface area contributed by atoms with Crippen LogP contribution in [0.1, 0.15) is 21.9 Å². The van der Waals surface area contributed by atoms with Crippen molar-refractivity contribution in [1.82, 2.24) is 5.32 Å². The van der Waals surface area contributed by atoms with Crippen molar-refractivity contribution in [1.29, 1.82) is 0 Å². The van der Waals surface area contributed by atoms with E-state index in [1.807, 2.05) is 18.2 Å². The predicted octanol–water partition coefficient (Wildman–Crippen LogP) is 3.28. The van der Waals surface area contributed by atoms with Gasteiger partial charge in [0.1, 0.15) is 11.3 Å². The van der Waals surface area contributed by atoms with E-state index in [-0.39, 0.29) is 12.3 Å². The number of carbonyl (C=O) groups is 1. The number of furan rings is 3. The van der Waals surface area contributed by atoms with Gasteiger partial charge in [-0.05, 0) is 30.3 Å². The van der Waals surface area contributed by atoms with Gasteiger partial charge in [-0.1, -0.05) is 18.2 Å². The van der Waals surface area contributed by atoms with Gasteiger partial charge < -0.3 is 23.7 Å². The summed E-state index contributed by atoms with van der Waals surface area (Å²) in [7, 11) is 0. The van der Waals surface area contributed by atoms with Gasteiger partial charge in [-0.2, -0.15) is 0 Å². The number of para-hydroxylation sites is 1. The molecule has 0 unspecified atom stereocenters. The van der Waals surface area contributed by atoms with Gasteiger partial charge in [0.05, 0.1) is 25.3 Å². The Hall–Kier alpha value is -3.25. The molecular weight excluding hydrogens is 322 g/mol. The fraction of sp³-hybridized carbons (Fsp3) is 0.105. The minimum atomic E-state index is -1.54. The number of hydrogen-bond donors (Lipinski definition) is 2. The van der Waals surface area contributed by atoms with Gasteiger partial charge in [-0.15, -0.1) is 0 Å². The molecule has 0 spiro atoms. The van der Waals surface area contributed by atoms with Gasteiger partial charge in [0.2, 0.25) is 0 Å². The van der Waals surface area contributed by atoms with E-state index < -0.39 is 11.5 Å². The summed E-state index contributed by atoms with van der Waals surface area (Å²) in [5.74, 6) is 0.0543. The van der Waals surface area contributed by atoms with Crippen LogP contribution in [0, 0.1) is 0 Å². The molecule has 1 atom stereocenters. The fourth-order valence-electron chi connectivity index (χ4n) is 2.73. The lowest BCUT2D eigenvalue weighted by molar-refractivity contribution is 0.0513. The molecule has 0 saturated carbocycles. The lowest BCUT2D eigenvalue weighted by Gasteiger charge is -2.24. The maximum atomic E-state index is 12.4. The lowest BCUT2D eigenvalue weighted by Crippen LogP contribution is -2.41. The standard InChI is InChI=1S/C19H15NO5/c21-18(16-10-13-4-1-2-5-15(13)25-16)20-12-19(22,14-7-9-23-11-14)17-6-3-8-24-17/h1-11,22H,12H2,(H,20,21)/t19-/m1/s1. The second kappa shape index (κ2) is 5.99. The van der Waals surface area contributed by atoms with Gasteiger partial charge in [-0.3, -0.25) is 4.79 Å². The van der Waals surface area contributed by atoms with Crippen LogP contribution in [-0.2, 0) is 5.60 Å². The van der Waals surface area contributed by atoms with E-state index in [0.29, 0.717) is 16.9 Å². The van der Waals surface area contributed by atoms with Crippen LogP contribution in [0.15, 0.2) is 80.6 Å². The highest BCUT2D eigenvalue weighted by molar-refractivity contribution is 5.96. The molecule has 25 heavy (non-hydrogen) atoms. The molecule has 0 bridgehead atoms. The summed E-state index contributed by atoms with van der Waals surface area (Å²) in [4.78, 5) is 12.4. The SMILES string of the molecule is O=C(NC[C@@](O)(c1ccoc1)c1ccco1)c1cc2ccccc2o1. The minimum absolute atomic E-state index is 0.101. The van der Waals surface area contributed by atoms with Gasteiger partial charge in [-0.25, -0.2) is 0 Å². The molecule has 6 nitrogen and oxygen atoms in total. The molecule has 3 heterocycles. The number of benzene rings is 1. The summed E-state index contributed by atoms with van der Waals surface area (Å²) in [6, 6.07) is 13.9. The summed E-state index contributed by atoms with van der Waals surface area (Å²) in [5.41, 5.74) is -0.436. The number of rotatable bonds is 5. The third kappa shape index (κ3) is 2.72. The van der Waals surface area contributed by atoms with Crippen molar-refractivity contribution < 1.29 is 23.2 Å². The summed E-state index contributed by atoms with van der Waals surface area (Å²) >= 11 is 0. The molecule has 3 aromatic heterocycles. The first-order valence-electron chi connectivity index (χ1n) is 7.73. The number of aliphatic hydroxyl groups is 1. The van der Waals surface area contributed by atoms with Crippen LogP contribution in [0.4, 0.5) is 0 Å². The first-order valence-corrected chi connectivity index (χ1v) is 7.73. The molecule has 4 rings (SSSR count). The average molecular weight is 337 g/mol. The Morgan fingerprint density at radius 1 is 1.12 bits per heavy atom. The number of fused-ring (bicyclic) bond motifs is 1. The zero-order valence-electron chi connectivity index (χ0n) is 13.1. The molecular formula is C19H15NO5. The van der Waals surface area contributed by atoms with Crippen molar-refractivity contribution in [2.24, 2.45) is 0 Å². The first-order chi connectivity index (χ1) is 12.2. The zero-order chi connectivity index (χ0) is 17.3. The van der Waals surface area contributed by atoms with Crippen molar-refractivity contribution in [2.75, 3.05) is 6.54 Å². The van der Waals surface area contributed by atoms with E-state index >= 15 is 0 Å². The quantitative estimate of drug-likeness (QED) is 0.583. The maximum absolute atomic E-state index is 12.4. The summed E-state index contributed by atoms with van der Waals surface area (Å²) in [5, 5.41) is 14.6. The highest BCUT2D eigenvalue weighted by Crippen LogP contribution is 2.30. The van der Waals surface area contributed by atoms with Gasteiger partial charge in [0.15, 0.2) is 11.4 Å². The molecule has 0 fully saturated rings. The fourth-order valence-corrected chi connectivity index (χ4v) is 2.73. The minimum Gasteiger partial charge on any atom is -0.472 e. The van der Waals surface area contributed by atoms with E-state index in [0.717, 1.165) is 5.39 Å². The second-order valence-electron chi connectivity index (χ2n) is 5.68. The van der Waals surface area contributed by atoms with Crippen molar-refractivity contribution in [3.05, 3.63) is 84.4 Å². The molecule has 0 aliphatic heterocycles. The number of nitrogens with one attached hydrogen (secondary N) is 1. The van der Waals surface area contributed by atoms with Crippen LogP contribution in [0.25, 0.3) is 11.0 Å². The van der Waals surface area contributed by atoms with Crippen molar-refractivity contribution >= 4 is 16.9 Å². The van der Waals surface area contributed by atoms with Crippen LogP contribution in [0.5, 0.6) is 0 Å². The zero-order valence-corrected chi connectivity index (χ0v) is 13.1. The molecule has 6 heteroatoms. The van der Waals surface area contributed by atoms with E-state index in [9.17, 15) is 9.90 Å². The summed E-state index contributed by atoms with van der Waals surface area (Å²) < 4.78 is 15.9. The van der Waals surface area contributed by atoms with E-state index in [1.54, 1.807) is 30.3 Å². The van der Waals surface area contributed by atoms with E-state index in [4.69, 9.17) is 13.3 Å². The highest BCUT2D eigenvalue weighted by atomic mass is 16.4. The number of amides is 1. The molecule has 0 aliphatic rings. The van der Waals surface area contributed by atoms with Gasteiger partial charge in [0, 0.05) is 10.9 Å². The maximum Gasteiger partial charge on any atom is 0.287 e. The lowest BCUT2D eigenvalue weighted by atomic mass is 9.93. The third-order valence-corrected chi connectivity index (χ3v) is 4.08. The molecule has 2 N–H and O–H groups in total. The molecule has 1 amide bonds. The van der Waals surface area contributed by atoms with Crippen molar-refractivity contribution in [3.8, 4) is 0 Å². The largest absolute Gasteiger partial charge is 0.472 e.